The highest BCUT2D eigenvalue weighted by Crippen LogP contribution is 2.27. The van der Waals surface area contributed by atoms with E-state index in [1.54, 1.807) is 23.2 Å². The molecule has 9 heteroatoms. The van der Waals surface area contributed by atoms with Gasteiger partial charge in [-0.25, -0.2) is 9.80 Å². The molecular weight excluding hydrogens is 484 g/mol. The van der Waals surface area contributed by atoms with Crippen molar-refractivity contribution in [3.63, 3.8) is 0 Å². The molecule has 0 aliphatic heterocycles. The van der Waals surface area contributed by atoms with Crippen molar-refractivity contribution in [2.24, 2.45) is 0 Å². The Morgan fingerprint density at radius 1 is 0.947 bits per heavy atom. The van der Waals surface area contributed by atoms with Gasteiger partial charge >= 0.3 is 12.0 Å². The summed E-state index contributed by atoms with van der Waals surface area (Å²) in [6.45, 7) is 4.36. The van der Waals surface area contributed by atoms with Crippen LogP contribution in [0.3, 0.4) is 0 Å². The number of amides is 3. The Bertz CT molecular complexity index is 1250. The van der Waals surface area contributed by atoms with Crippen molar-refractivity contribution in [3.05, 3.63) is 89.5 Å². The largest absolute Gasteiger partial charge is 0.495 e. The number of hydrogen-bond donors (Lipinski definition) is 4. The van der Waals surface area contributed by atoms with Crippen LogP contribution in [-0.4, -0.2) is 41.7 Å². The van der Waals surface area contributed by atoms with Crippen molar-refractivity contribution < 1.29 is 24.2 Å². The number of aliphatic carboxylic acids is 1. The third kappa shape index (κ3) is 8.07. The quantitative estimate of drug-likeness (QED) is 0.246. The molecule has 0 bridgehead atoms. The second-order valence-corrected chi connectivity index (χ2v) is 8.86. The predicted octanol–water partition coefficient (Wildman–Crippen LogP) is 5.15. The number of ether oxygens (including phenoxy) is 1. The van der Waals surface area contributed by atoms with Crippen LogP contribution in [0.5, 0.6) is 5.75 Å². The minimum atomic E-state index is -0.950. The summed E-state index contributed by atoms with van der Waals surface area (Å²) in [5, 5.41) is 16.8. The van der Waals surface area contributed by atoms with Gasteiger partial charge in [0.15, 0.2) is 0 Å². The van der Waals surface area contributed by atoms with Gasteiger partial charge in [0.05, 0.1) is 31.7 Å². The molecule has 38 heavy (non-hydrogen) atoms. The first-order valence-corrected chi connectivity index (χ1v) is 12.4. The molecule has 1 atom stereocenters. The van der Waals surface area contributed by atoms with Crippen molar-refractivity contribution in [3.8, 4) is 5.75 Å². The molecule has 0 aromatic heterocycles. The lowest BCUT2D eigenvalue weighted by Gasteiger charge is -2.31. The van der Waals surface area contributed by atoms with Crippen LogP contribution in [0.15, 0.2) is 72.8 Å². The van der Waals surface area contributed by atoms with Gasteiger partial charge in [0.25, 0.3) is 0 Å². The van der Waals surface area contributed by atoms with Crippen LogP contribution in [0.1, 0.15) is 42.5 Å². The van der Waals surface area contributed by atoms with Crippen LogP contribution in [-0.2, 0) is 16.0 Å². The number of benzene rings is 3. The monoisotopic (exact) mass is 518 g/mol. The third-order valence-corrected chi connectivity index (χ3v) is 5.93. The van der Waals surface area contributed by atoms with E-state index in [1.807, 2.05) is 68.4 Å². The Kier molecular flexibility index (Phi) is 10.2. The second-order valence-electron chi connectivity index (χ2n) is 8.86. The summed E-state index contributed by atoms with van der Waals surface area (Å²) >= 11 is 0. The van der Waals surface area contributed by atoms with Gasteiger partial charge in [0.2, 0.25) is 5.91 Å². The van der Waals surface area contributed by atoms with E-state index in [4.69, 9.17) is 4.74 Å². The first-order valence-electron chi connectivity index (χ1n) is 12.4. The fourth-order valence-electron chi connectivity index (χ4n) is 4.10. The number of carboxylic acid groups (broad SMARTS) is 1. The number of hydrogen-bond acceptors (Lipinski definition) is 5. The molecule has 0 aliphatic carbocycles. The number of carboxylic acids is 1. The summed E-state index contributed by atoms with van der Waals surface area (Å²) < 4.78 is 5.45. The number of aryl methyl sites for hydroxylation is 1. The number of para-hydroxylation sites is 1. The van der Waals surface area contributed by atoms with E-state index in [0.29, 0.717) is 29.2 Å². The number of nitrogens with zero attached hydrogens (tertiary/aromatic N) is 1. The standard InChI is InChI=1S/C29H34N4O5/c1-4-16-33(25(19-28(35)36)22-11-6-5-7-12-22)32-27(34)18-21-14-15-24(26(17-21)38-3)31-29(37)30-23-13-9-8-10-20(23)2/h5-15,17,25H,4,16,18-19H2,1-3H3,(H,32,34)(H,35,36)(H2,30,31,37). The van der Waals surface area contributed by atoms with Crippen molar-refractivity contribution in [2.45, 2.75) is 39.2 Å². The van der Waals surface area contributed by atoms with Gasteiger partial charge in [0, 0.05) is 12.2 Å². The molecule has 0 saturated heterocycles. The zero-order valence-corrected chi connectivity index (χ0v) is 21.9. The SMILES string of the molecule is CCCN(NC(=O)Cc1ccc(NC(=O)Nc2ccccc2C)c(OC)c1)C(CC(=O)O)c1ccccc1. The van der Waals surface area contributed by atoms with Crippen molar-refractivity contribution in [1.29, 1.82) is 0 Å². The minimum Gasteiger partial charge on any atom is -0.495 e. The van der Waals surface area contributed by atoms with Gasteiger partial charge in [-0.3, -0.25) is 15.0 Å². The summed E-state index contributed by atoms with van der Waals surface area (Å²) in [6.07, 6.45) is 0.617. The molecule has 9 nitrogen and oxygen atoms in total. The Hall–Kier alpha value is -4.37. The van der Waals surface area contributed by atoms with Gasteiger partial charge in [-0.05, 0) is 48.2 Å². The second kappa shape index (κ2) is 13.8. The summed E-state index contributed by atoms with van der Waals surface area (Å²) in [4.78, 5) is 37.1. The van der Waals surface area contributed by atoms with E-state index in [9.17, 15) is 19.5 Å². The molecule has 3 aromatic carbocycles. The highest BCUT2D eigenvalue weighted by molar-refractivity contribution is 6.01. The molecule has 1 unspecified atom stereocenters. The van der Waals surface area contributed by atoms with Crippen LogP contribution in [0, 0.1) is 6.92 Å². The van der Waals surface area contributed by atoms with Gasteiger partial charge in [0.1, 0.15) is 5.75 Å². The summed E-state index contributed by atoms with van der Waals surface area (Å²) in [6, 6.07) is 20.9. The van der Waals surface area contributed by atoms with E-state index in [1.165, 1.54) is 7.11 Å². The number of urea groups is 1. The zero-order valence-electron chi connectivity index (χ0n) is 21.9. The highest BCUT2D eigenvalue weighted by atomic mass is 16.5. The van der Waals surface area contributed by atoms with Crippen LogP contribution < -0.4 is 20.8 Å². The number of methoxy groups -OCH3 is 1. The Labute approximate surface area is 222 Å². The summed E-state index contributed by atoms with van der Waals surface area (Å²) in [7, 11) is 1.49. The molecule has 3 amide bonds. The number of nitrogens with one attached hydrogen (secondary N) is 3. The highest BCUT2D eigenvalue weighted by Gasteiger charge is 2.24. The van der Waals surface area contributed by atoms with Crippen molar-refractivity contribution in [1.82, 2.24) is 10.4 Å². The van der Waals surface area contributed by atoms with Crippen LogP contribution in [0.4, 0.5) is 16.2 Å². The summed E-state index contributed by atoms with van der Waals surface area (Å²) in [5.74, 6) is -0.827. The Morgan fingerprint density at radius 3 is 2.29 bits per heavy atom. The molecule has 0 fully saturated rings. The number of hydrazine groups is 1. The molecule has 4 N–H and O–H groups in total. The van der Waals surface area contributed by atoms with Crippen molar-refractivity contribution in [2.75, 3.05) is 24.3 Å². The number of carbonyl (C=O) groups is 3. The number of carbonyl (C=O) groups excluding carboxylic acids is 2. The molecule has 200 valence electrons. The lowest BCUT2D eigenvalue weighted by molar-refractivity contribution is -0.140. The normalized spacial score (nSPS) is 11.5. The van der Waals surface area contributed by atoms with E-state index in [-0.39, 0.29) is 18.7 Å². The van der Waals surface area contributed by atoms with E-state index < -0.39 is 18.0 Å². The molecule has 0 spiro atoms. The molecule has 0 heterocycles. The number of rotatable bonds is 12. The fraction of sp³-hybridized carbons (Fsp3) is 0.276. The lowest BCUT2D eigenvalue weighted by atomic mass is 10.0. The van der Waals surface area contributed by atoms with Crippen LogP contribution >= 0.6 is 0 Å². The average molecular weight is 519 g/mol. The van der Waals surface area contributed by atoms with Crippen LogP contribution in [0.2, 0.25) is 0 Å². The van der Waals surface area contributed by atoms with Gasteiger partial charge in [-0.1, -0.05) is 61.5 Å². The average Bonchev–Trinajstić information content (AvgIpc) is 2.89. The van der Waals surface area contributed by atoms with Gasteiger partial charge < -0.3 is 20.5 Å². The first-order chi connectivity index (χ1) is 18.3. The third-order valence-electron chi connectivity index (χ3n) is 5.93. The van der Waals surface area contributed by atoms with E-state index >= 15 is 0 Å². The van der Waals surface area contributed by atoms with E-state index in [0.717, 1.165) is 17.5 Å². The Balaban J connectivity index is 1.69. The molecule has 0 aliphatic rings. The van der Waals surface area contributed by atoms with E-state index in [2.05, 4.69) is 16.1 Å². The van der Waals surface area contributed by atoms with Gasteiger partial charge in [-0.15, -0.1) is 0 Å². The Morgan fingerprint density at radius 2 is 1.63 bits per heavy atom. The molecule has 0 saturated carbocycles. The maximum atomic E-state index is 13.0. The summed E-state index contributed by atoms with van der Waals surface area (Å²) in [5.41, 5.74) is 6.48. The topological polar surface area (TPSA) is 120 Å². The first kappa shape index (κ1) is 28.2. The van der Waals surface area contributed by atoms with Gasteiger partial charge in [-0.2, -0.15) is 0 Å². The van der Waals surface area contributed by atoms with Crippen molar-refractivity contribution >= 4 is 29.3 Å². The fourth-order valence-corrected chi connectivity index (χ4v) is 4.10. The van der Waals surface area contributed by atoms with Crippen LogP contribution in [0.25, 0.3) is 0 Å². The lowest BCUT2D eigenvalue weighted by Crippen LogP contribution is -2.46. The maximum absolute atomic E-state index is 13.0. The number of anilines is 2. The zero-order chi connectivity index (χ0) is 27.5. The molecule has 0 radical (unpaired) electrons. The maximum Gasteiger partial charge on any atom is 0.323 e. The minimum absolute atomic E-state index is 0.0425. The smallest absolute Gasteiger partial charge is 0.323 e. The predicted molar refractivity (Wildman–Crippen MR) is 147 cm³/mol. The molecular formula is C29H34N4O5. The molecule has 3 rings (SSSR count). The molecule has 3 aromatic rings.